The lowest BCUT2D eigenvalue weighted by Crippen LogP contribution is -2.39. The van der Waals surface area contributed by atoms with Gasteiger partial charge in [-0.1, -0.05) is 43.6 Å². The third-order valence-corrected chi connectivity index (χ3v) is 4.26. The molecule has 1 N–H and O–H groups in total. The van der Waals surface area contributed by atoms with Crippen LogP contribution in [0.4, 0.5) is 0 Å². The van der Waals surface area contributed by atoms with E-state index in [9.17, 15) is 4.79 Å². The molecule has 0 unspecified atom stereocenters. The molecule has 2 aromatic rings. The smallest absolute Gasteiger partial charge is 0.261 e. The lowest BCUT2D eigenvalue weighted by molar-refractivity contribution is -0.128. The van der Waals surface area contributed by atoms with Gasteiger partial charge in [-0.25, -0.2) is 0 Å². The molecule has 0 bridgehead atoms. The number of carbonyl (C=O) groups is 1. The highest BCUT2D eigenvalue weighted by atomic mass is 35.5. The Morgan fingerprint density at radius 2 is 1.77 bits per heavy atom. The normalized spacial score (nSPS) is 13.2. The van der Waals surface area contributed by atoms with Crippen LogP contribution in [0.25, 0.3) is 0 Å². The summed E-state index contributed by atoms with van der Waals surface area (Å²) in [6.45, 7) is 6.00. The van der Waals surface area contributed by atoms with Gasteiger partial charge in [0.05, 0.1) is 13.2 Å². The van der Waals surface area contributed by atoms with Crippen molar-refractivity contribution in [1.82, 2.24) is 5.32 Å². The van der Waals surface area contributed by atoms with Gasteiger partial charge in [0.15, 0.2) is 6.10 Å². The Morgan fingerprint density at radius 3 is 2.35 bits per heavy atom. The Balaban J connectivity index is 2.07. The molecule has 0 spiro atoms. The van der Waals surface area contributed by atoms with E-state index in [1.807, 2.05) is 24.3 Å². The fourth-order valence-corrected chi connectivity index (χ4v) is 2.85. The van der Waals surface area contributed by atoms with Gasteiger partial charge in [0, 0.05) is 5.02 Å². The zero-order chi connectivity index (χ0) is 19.1. The molecular weight excluding hydrogens is 350 g/mol. The minimum Gasteiger partial charge on any atom is -0.497 e. The summed E-state index contributed by atoms with van der Waals surface area (Å²) < 4.78 is 10.9. The van der Waals surface area contributed by atoms with E-state index in [0.717, 1.165) is 17.7 Å². The SMILES string of the molecule is COc1ccc([C@@H](CC(C)C)NC(=O)[C@@H](C)Oc2cccc(Cl)c2)cc1. The average molecular weight is 376 g/mol. The van der Waals surface area contributed by atoms with Gasteiger partial charge in [-0.15, -0.1) is 0 Å². The van der Waals surface area contributed by atoms with Crippen molar-refractivity contribution in [3.8, 4) is 11.5 Å². The van der Waals surface area contributed by atoms with Crippen LogP contribution in [0.2, 0.25) is 5.02 Å². The predicted octanol–water partition coefficient (Wildman–Crippen LogP) is 5.02. The van der Waals surface area contributed by atoms with Crippen molar-refractivity contribution in [2.75, 3.05) is 7.11 Å². The quantitative estimate of drug-likeness (QED) is 0.704. The number of amides is 1. The van der Waals surface area contributed by atoms with Gasteiger partial charge < -0.3 is 14.8 Å². The van der Waals surface area contributed by atoms with Gasteiger partial charge in [0.2, 0.25) is 0 Å². The molecule has 26 heavy (non-hydrogen) atoms. The van der Waals surface area contributed by atoms with Crippen molar-refractivity contribution in [2.45, 2.75) is 39.3 Å². The molecule has 0 saturated heterocycles. The maximum Gasteiger partial charge on any atom is 0.261 e. The topological polar surface area (TPSA) is 47.6 Å². The molecule has 0 saturated carbocycles. The van der Waals surface area contributed by atoms with Crippen LogP contribution >= 0.6 is 11.6 Å². The summed E-state index contributed by atoms with van der Waals surface area (Å²) in [5, 5.41) is 3.67. The lowest BCUT2D eigenvalue weighted by atomic mass is 9.96. The van der Waals surface area contributed by atoms with E-state index in [0.29, 0.717) is 16.7 Å². The average Bonchev–Trinajstić information content (AvgIpc) is 2.60. The van der Waals surface area contributed by atoms with Gasteiger partial charge in [-0.05, 0) is 55.2 Å². The second-order valence-electron chi connectivity index (χ2n) is 6.68. The molecule has 2 rings (SSSR count). The van der Waals surface area contributed by atoms with Crippen molar-refractivity contribution in [3.05, 3.63) is 59.1 Å². The Bertz CT molecular complexity index is 715. The molecule has 0 heterocycles. The van der Waals surface area contributed by atoms with Crippen molar-refractivity contribution in [2.24, 2.45) is 5.92 Å². The molecule has 5 heteroatoms. The molecule has 1 amide bonds. The maximum absolute atomic E-state index is 12.6. The van der Waals surface area contributed by atoms with Crippen molar-refractivity contribution in [1.29, 1.82) is 0 Å². The Hall–Kier alpha value is -2.20. The number of nitrogens with one attached hydrogen (secondary N) is 1. The predicted molar refractivity (Wildman–Crippen MR) is 105 cm³/mol. The zero-order valence-corrected chi connectivity index (χ0v) is 16.4. The van der Waals surface area contributed by atoms with Crippen molar-refractivity contribution < 1.29 is 14.3 Å². The Kier molecular flexibility index (Phi) is 7.34. The van der Waals surface area contributed by atoms with Crippen LogP contribution in [-0.2, 0) is 4.79 Å². The van der Waals surface area contributed by atoms with Crippen LogP contribution in [0, 0.1) is 5.92 Å². The maximum atomic E-state index is 12.6. The van der Waals surface area contributed by atoms with Crippen LogP contribution in [0.3, 0.4) is 0 Å². The van der Waals surface area contributed by atoms with Crippen LogP contribution < -0.4 is 14.8 Å². The first-order valence-electron chi connectivity index (χ1n) is 8.75. The highest BCUT2D eigenvalue weighted by Crippen LogP contribution is 2.24. The zero-order valence-electron chi connectivity index (χ0n) is 15.7. The minimum atomic E-state index is -0.624. The minimum absolute atomic E-state index is 0.0844. The summed E-state index contributed by atoms with van der Waals surface area (Å²) >= 11 is 5.96. The lowest BCUT2D eigenvalue weighted by Gasteiger charge is -2.24. The highest BCUT2D eigenvalue weighted by molar-refractivity contribution is 6.30. The van der Waals surface area contributed by atoms with E-state index < -0.39 is 6.10 Å². The van der Waals surface area contributed by atoms with E-state index in [2.05, 4.69) is 19.2 Å². The summed E-state index contributed by atoms with van der Waals surface area (Å²) in [5.41, 5.74) is 1.04. The number of hydrogen-bond acceptors (Lipinski definition) is 3. The van der Waals surface area contributed by atoms with Crippen LogP contribution in [0.5, 0.6) is 11.5 Å². The number of rotatable bonds is 8. The molecule has 0 aliphatic heterocycles. The van der Waals surface area contributed by atoms with Gasteiger partial charge in [0.25, 0.3) is 5.91 Å². The van der Waals surface area contributed by atoms with E-state index in [-0.39, 0.29) is 11.9 Å². The van der Waals surface area contributed by atoms with Crippen LogP contribution in [0.1, 0.15) is 38.8 Å². The van der Waals surface area contributed by atoms with Gasteiger partial charge in [0.1, 0.15) is 11.5 Å². The summed E-state index contributed by atoms with van der Waals surface area (Å²) in [7, 11) is 1.64. The molecule has 0 aliphatic carbocycles. The van der Waals surface area contributed by atoms with Crippen molar-refractivity contribution >= 4 is 17.5 Å². The fraction of sp³-hybridized carbons (Fsp3) is 0.381. The number of halogens is 1. The largest absolute Gasteiger partial charge is 0.497 e. The molecule has 140 valence electrons. The monoisotopic (exact) mass is 375 g/mol. The van der Waals surface area contributed by atoms with Crippen LogP contribution in [-0.4, -0.2) is 19.1 Å². The molecule has 0 aromatic heterocycles. The third kappa shape index (κ3) is 5.95. The van der Waals surface area contributed by atoms with Gasteiger partial charge in [-0.2, -0.15) is 0 Å². The second kappa shape index (κ2) is 9.48. The standard InChI is InChI=1S/C21H26ClNO3/c1-14(2)12-20(16-8-10-18(25-4)11-9-16)23-21(24)15(3)26-19-7-5-6-17(22)13-19/h5-11,13-15,20H,12H2,1-4H3,(H,23,24)/t15-,20-/m1/s1. The summed E-state index contributed by atoms with van der Waals surface area (Å²) in [5.74, 6) is 1.64. The molecular formula is C21H26ClNO3. The van der Waals surface area contributed by atoms with E-state index >= 15 is 0 Å². The first-order valence-corrected chi connectivity index (χ1v) is 9.13. The number of carbonyl (C=O) groups excluding carboxylic acids is 1. The molecule has 0 radical (unpaired) electrons. The molecule has 4 nitrogen and oxygen atoms in total. The molecule has 2 aromatic carbocycles. The number of benzene rings is 2. The summed E-state index contributed by atoms with van der Waals surface area (Å²) in [4.78, 5) is 12.6. The number of methoxy groups -OCH3 is 1. The summed E-state index contributed by atoms with van der Waals surface area (Å²) in [6, 6.07) is 14.7. The van der Waals surface area contributed by atoms with Crippen LogP contribution in [0.15, 0.2) is 48.5 Å². The number of ether oxygens (including phenoxy) is 2. The molecule has 2 atom stereocenters. The summed E-state index contributed by atoms with van der Waals surface area (Å²) in [6.07, 6.45) is 0.212. The first kappa shape index (κ1) is 20.1. The van der Waals surface area contributed by atoms with E-state index in [4.69, 9.17) is 21.1 Å². The number of hydrogen-bond donors (Lipinski definition) is 1. The fourth-order valence-electron chi connectivity index (χ4n) is 2.67. The molecule has 0 fully saturated rings. The van der Waals surface area contributed by atoms with E-state index in [1.165, 1.54) is 0 Å². The van der Waals surface area contributed by atoms with Gasteiger partial charge in [-0.3, -0.25) is 4.79 Å². The highest BCUT2D eigenvalue weighted by Gasteiger charge is 2.21. The van der Waals surface area contributed by atoms with Crippen molar-refractivity contribution in [3.63, 3.8) is 0 Å². The Labute approximate surface area is 160 Å². The first-order chi connectivity index (χ1) is 12.4. The third-order valence-electron chi connectivity index (χ3n) is 4.02. The molecule has 0 aliphatic rings. The Morgan fingerprint density at radius 1 is 1.08 bits per heavy atom. The van der Waals surface area contributed by atoms with Gasteiger partial charge >= 0.3 is 0 Å². The van der Waals surface area contributed by atoms with E-state index in [1.54, 1.807) is 38.3 Å². The second-order valence-corrected chi connectivity index (χ2v) is 7.12.